The van der Waals surface area contributed by atoms with Gasteiger partial charge in [0.1, 0.15) is 5.15 Å². The van der Waals surface area contributed by atoms with Crippen LogP contribution >= 0.6 is 11.6 Å². The molecule has 5 nitrogen and oxygen atoms in total. The van der Waals surface area contributed by atoms with E-state index in [0.29, 0.717) is 16.9 Å². The quantitative estimate of drug-likeness (QED) is 0.855. The molecule has 0 saturated heterocycles. The van der Waals surface area contributed by atoms with Crippen LogP contribution in [-0.2, 0) is 4.79 Å². The van der Waals surface area contributed by atoms with Gasteiger partial charge < -0.3 is 10.6 Å². The van der Waals surface area contributed by atoms with Gasteiger partial charge in [-0.05, 0) is 36.8 Å². The summed E-state index contributed by atoms with van der Waals surface area (Å²) in [6, 6.07) is 8.36. The molecular formula is C15H14ClN3O2. The van der Waals surface area contributed by atoms with E-state index >= 15 is 0 Å². The summed E-state index contributed by atoms with van der Waals surface area (Å²) in [6.07, 6.45) is 1.47. The molecule has 108 valence electrons. The number of aromatic nitrogens is 1. The second-order valence-electron chi connectivity index (χ2n) is 4.48. The number of amides is 2. The molecular weight excluding hydrogens is 290 g/mol. The largest absolute Gasteiger partial charge is 0.326 e. The van der Waals surface area contributed by atoms with Crippen molar-refractivity contribution in [2.75, 3.05) is 10.6 Å². The van der Waals surface area contributed by atoms with E-state index in [1.54, 1.807) is 24.3 Å². The normalized spacial score (nSPS) is 10.0. The van der Waals surface area contributed by atoms with Gasteiger partial charge in [0.25, 0.3) is 5.91 Å². The minimum Gasteiger partial charge on any atom is -0.326 e. The number of nitrogens with one attached hydrogen (secondary N) is 2. The Kier molecular flexibility index (Phi) is 4.55. The number of rotatable bonds is 3. The molecule has 0 saturated carbocycles. The van der Waals surface area contributed by atoms with Crippen molar-refractivity contribution in [1.82, 2.24) is 4.98 Å². The summed E-state index contributed by atoms with van der Waals surface area (Å²) in [4.78, 5) is 27.1. The zero-order chi connectivity index (χ0) is 15.4. The third kappa shape index (κ3) is 3.79. The van der Waals surface area contributed by atoms with E-state index in [4.69, 9.17) is 11.6 Å². The van der Waals surface area contributed by atoms with E-state index in [2.05, 4.69) is 15.6 Å². The molecule has 0 aliphatic rings. The van der Waals surface area contributed by atoms with Gasteiger partial charge in [0.05, 0.1) is 0 Å². The van der Waals surface area contributed by atoms with Crippen LogP contribution in [0, 0.1) is 6.92 Å². The second-order valence-corrected chi connectivity index (χ2v) is 4.87. The number of carbonyl (C=O) groups excluding carboxylic acids is 2. The lowest BCUT2D eigenvalue weighted by molar-refractivity contribution is -0.114. The second kappa shape index (κ2) is 6.37. The number of benzene rings is 1. The lowest BCUT2D eigenvalue weighted by atomic mass is 10.1. The smallest absolute Gasteiger partial charge is 0.255 e. The van der Waals surface area contributed by atoms with Crippen molar-refractivity contribution in [3.8, 4) is 0 Å². The first kappa shape index (κ1) is 15.0. The summed E-state index contributed by atoms with van der Waals surface area (Å²) in [6.45, 7) is 3.25. The predicted molar refractivity (Wildman–Crippen MR) is 82.7 cm³/mol. The zero-order valence-electron chi connectivity index (χ0n) is 11.6. The zero-order valence-corrected chi connectivity index (χ0v) is 12.4. The summed E-state index contributed by atoms with van der Waals surface area (Å²) in [5.41, 5.74) is 2.48. The minimum atomic E-state index is -0.289. The lowest BCUT2D eigenvalue weighted by Gasteiger charge is -2.12. The molecule has 1 aromatic heterocycles. The Labute approximate surface area is 127 Å². The van der Waals surface area contributed by atoms with Crippen LogP contribution in [0.5, 0.6) is 0 Å². The van der Waals surface area contributed by atoms with Crippen molar-refractivity contribution in [2.45, 2.75) is 13.8 Å². The highest BCUT2D eigenvalue weighted by atomic mass is 35.5. The van der Waals surface area contributed by atoms with Crippen molar-refractivity contribution in [3.05, 3.63) is 52.8 Å². The molecule has 2 rings (SSSR count). The maximum Gasteiger partial charge on any atom is 0.255 e. The van der Waals surface area contributed by atoms with Gasteiger partial charge in [-0.3, -0.25) is 9.59 Å². The molecule has 0 aliphatic heterocycles. The van der Waals surface area contributed by atoms with Crippen LogP contribution in [0.1, 0.15) is 22.8 Å². The number of carbonyl (C=O) groups is 2. The molecule has 0 aliphatic carbocycles. The average molecular weight is 304 g/mol. The maximum absolute atomic E-state index is 12.2. The summed E-state index contributed by atoms with van der Waals surface area (Å²) < 4.78 is 0. The fourth-order valence-electron chi connectivity index (χ4n) is 1.83. The van der Waals surface area contributed by atoms with Gasteiger partial charge in [0, 0.05) is 30.1 Å². The van der Waals surface area contributed by atoms with Crippen LogP contribution in [0.2, 0.25) is 5.15 Å². The molecule has 2 aromatic rings. The minimum absolute atomic E-state index is 0.164. The average Bonchev–Trinajstić information content (AvgIpc) is 2.42. The lowest BCUT2D eigenvalue weighted by Crippen LogP contribution is -2.14. The van der Waals surface area contributed by atoms with Crippen LogP contribution in [0.4, 0.5) is 11.4 Å². The van der Waals surface area contributed by atoms with Crippen LogP contribution in [0.25, 0.3) is 0 Å². The predicted octanol–water partition coefficient (Wildman–Crippen LogP) is 3.25. The third-order valence-corrected chi connectivity index (χ3v) is 3.09. The van der Waals surface area contributed by atoms with Crippen LogP contribution in [0.3, 0.4) is 0 Å². The van der Waals surface area contributed by atoms with E-state index in [-0.39, 0.29) is 17.0 Å². The van der Waals surface area contributed by atoms with Gasteiger partial charge in [-0.15, -0.1) is 0 Å². The van der Waals surface area contributed by atoms with Crippen molar-refractivity contribution in [3.63, 3.8) is 0 Å². The van der Waals surface area contributed by atoms with Gasteiger partial charge in [-0.1, -0.05) is 17.7 Å². The topological polar surface area (TPSA) is 71.1 Å². The Hall–Kier alpha value is -2.40. The molecule has 0 unspecified atom stereocenters. The Morgan fingerprint density at radius 3 is 2.43 bits per heavy atom. The third-order valence-electron chi connectivity index (χ3n) is 2.88. The number of pyridine rings is 1. The van der Waals surface area contributed by atoms with Crippen molar-refractivity contribution in [2.24, 2.45) is 0 Å². The number of anilines is 2. The van der Waals surface area contributed by atoms with Crippen molar-refractivity contribution in [1.29, 1.82) is 0 Å². The van der Waals surface area contributed by atoms with E-state index in [1.165, 1.54) is 19.2 Å². The number of halogens is 1. The summed E-state index contributed by atoms with van der Waals surface area (Å²) in [5, 5.41) is 5.76. The Bertz CT molecular complexity index is 701. The first-order valence-corrected chi connectivity index (χ1v) is 6.65. The molecule has 21 heavy (non-hydrogen) atoms. The van der Waals surface area contributed by atoms with Crippen molar-refractivity contribution < 1.29 is 9.59 Å². The first-order chi connectivity index (χ1) is 9.97. The number of hydrogen-bond acceptors (Lipinski definition) is 3. The van der Waals surface area contributed by atoms with Gasteiger partial charge >= 0.3 is 0 Å². The fourth-order valence-corrected chi connectivity index (χ4v) is 2.01. The molecule has 0 spiro atoms. The fraction of sp³-hybridized carbons (Fsp3) is 0.133. The SMILES string of the molecule is CC(=O)Nc1cccc(NC(=O)c2ccnc(Cl)c2)c1C. The van der Waals surface area contributed by atoms with E-state index in [1.807, 2.05) is 6.92 Å². The van der Waals surface area contributed by atoms with Gasteiger partial charge in [-0.25, -0.2) is 4.98 Å². The molecule has 1 heterocycles. The maximum atomic E-state index is 12.2. The van der Waals surface area contributed by atoms with E-state index < -0.39 is 0 Å². The van der Waals surface area contributed by atoms with Gasteiger partial charge in [0.15, 0.2) is 0 Å². The number of nitrogens with zero attached hydrogens (tertiary/aromatic N) is 1. The molecule has 2 amide bonds. The monoisotopic (exact) mass is 303 g/mol. The molecule has 2 N–H and O–H groups in total. The van der Waals surface area contributed by atoms with Crippen molar-refractivity contribution >= 4 is 34.8 Å². The molecule has 0 atom stereocenters. The summed E-state index contributed by atoms with van der Waals surface area (Å²) in [5.74, 6) is -0.454. The Balaban J connectivity index is 2.23. The van der Waals surface area contributed by atoms with Gasteiger partial charge in [0.2, 0.25) is 5.91 Å². The highest BCUT2D eigenvalue weighted by Gasteiger charge is 2.10. The van der Waals surface area contributed by atoms with Crippen LogP contribution in [-0.4, -0.2) is 16.8 Å². The first-order valence-electron chi connectivity index (χ1n) is 6.27. The van der Waals surface area contributed by atoms with Gasteiger partial charge in [-0.2, -0.15) is 0 Å². The summed E-state index contributed by atoms with van der Waals surface area (Å²) >= 11 is 5.77. The van der Waals surface area contributed by atoms with E-state index in [0.717, 1.165) is 5.56 Å². The summed E-state index contributed by atoms with van der Waals surface area (Å²) in [7, 11) is 0. The van der Waals surface area contributed by atoms with E-state index in [9.17, 15) is 9.59 Å². The Morgan fingerprint density at radius 1 is 1.14 bits per heavy atom. The molecule has 0 radical (unpaired) electrons. The molecule has 1 aromatic carbocycles. The number of hydrogen-bond donors (Lipinski definition) is 2. The molecule has 0 fully saturated rings. The molecule has 6 heteroatoms. The van der Waals surface area contributed by atoms with Crippen LogP contribution in [0.15, 0.2) is 36.5 Å². The Morgan fingerprint density at radius 2 is 1.81 bits per heavy atom. The highest BCUT2D eigenvalue weighted by Crippen LogP contribution is 2.24. The molecule has 0 bridgehead atoms. The van der Waals surface area contributed by atoms with Crippen LogP contribution < -0.4 is 10.6 Å². The highest BCUT2D eigenvalue weighted by molar-refractivity contribution is 6.29. The standard InChI is InChI=1S/C15H14ClN3O2/c1-9-12(18-10(2)20)4-3-5-13(9)19-15(21)11-6-7-17-14(16)8-11/h3-8H,1-2H3,(H,18,20)(H,19,21).